The third-order valence-electron chi connectivity index (χ3n) is 4.38. The molecule has 0 fully saturated rings. The fourth-order valence-corrected chi connectivity index (χ4v) is 3.40. The van der Waals surface area contributed by atoms with E-state index in [-0.39, 0.29) is 5.82 Å². The van der Waals surface area contributed by atoms with Gasteiger partial charge >= 0.3 is 5.97 Å². The molecule has 1 aliphatic rings. The Hall–Kier alpha value is -3.29. The van der Waals surface area contributed by atoms with Gasteiger partial charge in [-0.2, -0.15) is 4.98 Å². The van der Waals surface area contributed by atoms with Crippen molar-refractivity contribution < 1.29 is 15.0 Å². The van der Waals surface area contributed by atoms with Crippen LogP contribution in [0.1, 0.15) is 23.4 Å². The van der Waals surface area contributed by atoms with Gasteiger partial charge in [0.25, 0.3) is 5.56 Å². The minimum absolute atomic E-state index is 0.170. The molecule has 0 spiro atoms. The summed E-state index contributed by atoms with van der Waals surface area (Å²) in [5.74, 6) is -1.45. The summed E-state index contributed by atoms with van der Waals surface area (Å²) < 4.78 is 1.47. The number of rotatable bonds is 3. The highest BCUT2D eigenvalue weighted by Crippen LogP contribution is 2.34. The van der Waals surface area contributed by atoms with Gasteiger partial charge in [-0.1, -0.05) is 41.9 Å². The standard InChI is InChI=1S/C20H14ClN3O4/c21-13-6-7-15-14(10-13)18(12-4-2-1-3-5-12)23-20(28,11-17(26)27)19-22-16(25)8-9-24(15)19/h1-10,28H,11H2,(H,26,27). The number of nitrogens with zero attached hydrogens (tertiary/aromatic N) is 3. The van der Waals surface area contributed by atoms with E-state index in [0.717, 1.165) is 0 Å². The second kappa shape index (κ2) is 6.70. The maximum atomic E-state index is 11.9. The third kappa shape index (κ3) is 3.11. The summed E-state index contributed by atoms with van der Waals surface area (Å²) in [5.41, 5.74) is -0.708. The van der Waals surface area contributed by atoms with Gasteiger partial charge in [0.15, 0.2) is 5.82 Å². The van der Waals surface area contributed by atoms with Crippen LogP contribution in [0.5, 0.6) is 0 Å². The molecule has 7 nitrogen and oxygen atoms in total. The van der Waals surface area contributed by atoms with E-state index in [0.29, 0.717) is 27.5 Å². The molecule has 2 aromatic carbocycles. The van der Waals surface area contributed by atoms with Gasteiger partial charge < -0.3 is 14.8 Å². The van der Waals surface area contributed by atoms with Gasteiger partial charge in [-0.3, -0.25) is 9.59 Å². The molecule has 3 aromatic rings. The second-order valence-electron chi connectivity index (χ2n) is 6.33. The molecule has 1 aliphatic heterocycles. The monoisotopic (exact) mass is 395 g/mol. The van der Waals surface area contributed by atoms with E-state index in [2.05, 4.69) is 9.98 Å². The van der Waals surface area contributed by atoms with Crippen molar-refractivity contribution in [1.82, 2.24) is 9.55 Å². The van der Waals surface area contributed by atoms with E-state index in [1.165, 1.54) is 16.8 Å². The van der Waals surface area contributed by atoms with Crippen molar-refractivity contribution in [2.45, 2.75) is 12.1 Å². The minimum Gasteiger partial charge on any atom is -0.481 e. The van der Waals surface area contributed by atoms with Gasteiger partial charge in [-0.05, 0) is 18.2 Å². The number of benzene rings is 2. The van der Waals surface area contributed by atoms with E-state index in [1.807, 2.05) is 6.07 Å². The Morgan fingerprint density at radius 2 is 1.89 bits per heavy atom. The molecular weight excluding hydrogens is 382 g/mol. The van der Waals surface area contributed by atoms with Gasteiger partial charge in [0.2, 0.25) is 5.72 Å². The molecule has 1 unspecified atom stereocenters. The van der Waals surface area contributed by atoms with E-state index in [1.54, 1.807) is 42.5 Å². The maximum Gasteiger partial charge on any atom is 0.308 e. The molecule has 0 aliphatic carbocycles. The summed E-state index contributed by atoms with van der Waals surface area (Å²) in [6.45, 7) is 0. The van der Waals surface area contributed by atoms with Gasteiger partial charge in [-0.15, -0.1) is 0 Å². The molecule has 2 heterocycles. The van der Waals surface area contributed by atoms with Gasteiger partial charge in [-0.25, -0.2) is 4.99 Å². The molecule has 1 atom stereocenters. The Labute approximate surface area is 164 Å². The number of aliphatic hydroxyl groups is 1. The Kier molecular flexibility index (Phi) is 4.33. The number of aromatic nitrogens is 2. The number of hydrogen-bond acceptors (Lipinski definition) is 5. The number of halogens is 1. The molecule has 0 saturated carbocycles. The molecule has 1 aromatic heterocycles. The van der Waals surface area contributed by atoms with Crippen LogP contribution < -0.4 is 5.56 Å². The number of fused-ring (bicyclic) bond motifs is 3. The zero-order chi connectivity index (χ0) is 19.9. The molecule has 140 valence electrons. The Bertz CT molecular complexity index is 1170. The summed E-state index contributed by atoms with van der Waals surface area (Å²) in [7, 11) is 0. The number of hydrogen-bond donors (Lipinski definition) is 2. The summed E-state index contributed by atoms with van der Waals surface area (Å²) in [6, 6.07) is 15.3. The fraction of sp³-hybridized carbons (Fsp3) is 0.100. The van der Waals surface area contributed by atoms with Crippen LogP contribution in [0, 0.1) is 0 Å². The van der Waals surface area contributed by atoms with Crippen molar-refractivity contribution in [1.29, 1.82) is 0 Å². The molecule has 2 N–H and O–H groups in total. The molecule has 8 heteroatoms. The first kappa shape index (κ1) is 18.1. The molecule has 28 heavy (non-hydrogen) atoms. The van der Waals surface area contributed by atoms with Crippen molar-refractivity contribution >= 4 is 23.3 Å². The average molecular weight is 396 g/mol. The summed E-state index contributed by atoms with van der Waals surface area (Å²) >= 11 is 6.20. The first-order chi connectivity index (χ1) is 13.4. The van der Waals surface area contributed by atoms with Crippen molar-refractivity contribution in [3.8, 4) is 5.69 Å². The molecule has 0 radical (unpaired) electrons. The van der Waals surface area contributed by atoms with E-state index in [4.69, 9.17) is 11.6 Å². The highest BCUT2D eigenvalue weighted by molar-refractivity contribution is 6.31. The summed E-state index contributed by atoms with van der Waals surface area (Å²) in [4.78, 5) is 31.7. The van der Waals surface area contributed by atoms with Crippen molar-refractivity contribution in [2.75, 3.05) is 0 Å². The van der Waals surface area contributed by atoms with Crippen LogP contribution >= 0.6 is 11.6 Å². The number of carboxylic acids is 1. The van der Waals surface area contributed by atoms with Crippen molar-refractivity contribution in [3.05, 3.63) is 93.1 Å². The molecule has 4 rings (SSSR count). The van der Waals surface area contributed by atoms with E-state index < -0.39 is 23.7 Å². The van der Waals surface area contributed by atoms with Crippen LogP contribution in [0.15, 0.2) is 70.6 Å². The highest BCUT2D eigenvalue weighted by Gasteiger charge is 2.40. The number of aliphatic imine (C=N–C) groups is 1. The van der Waals surface area contributed by atoms with Gasteiger partial charge in [0, 0.05) is 28.4 Å². The van der Waals surface area contributed by atoms with Crippen LogP contribution in [-0.2, 0) is 10.5 Å². The average Bonchev–Trinajstić information content (AvgIpc) is 2.75. The smallest absolute Gasteiger partial charge is 0.308 e. The predicted molar refractivity (Wildman–Crippen MR) is 103 cm³/mol. The summed E-state index contributed by atoms with van der Waals surface area (Å²) in [6.07, 6.45) is 0.676. The number of carboxylic acid groups (broad SMARTS) is 1. The predicted octanol–water partition coefficient (Wildman–Crippen LogP) is 2.36. The number of aliphatic carboxylic acids is 1. The van der Waals surface area contributed by atoms with Crippen LogP contribution in [0.4, 0.5) is 0 Å². The quantitative estimate of drug-likeness (QED) is 0.708. The van der Waals surface area contributed by atoms with E-state index in [9.17, 15) is 19.8 Å². The Morgan fingerprint density at radius 1 is 1.14 bits per heavy atom. The lowest BCUT2D eigenvalue weighted by atomic mass is 10.00. The normalized spacial score (nSPS) is 17.9. The molecule has 0 bridgehead atoms. The fourth-order valence-electron chi connectivity index (χ4n) is 3.23. The van der Waals surface area contributed by atoms with Crippen LogP contribution in [-0.4, -0.2) is 31.4 Å². The Morgan fingerprint density at radius 3 is 2.61 bits per heavy atom. The van der Waals surface area contributed by atoms with Gasteiger partial charge in [0.05, 0.1) is 11.4 Å². The first-order valence-corrected chi connectivity index (χ1v) is 8.75. The molecule has 0 amide bonds. The van der Waals surface area contributed by atoms with Crippen molar-refractivity contribution in [2.24, 2.45) is 4.99 Å². The lowest BCUT2D eigenvalue weighted by Crippen LogP contribution is -2.34. The summed E-state index contributed by atoms with van der Waals surface area (Å²) in [5, 5.41) is 21.1. The lowest BCUT2D eigenvalue weighted by molar-refractivity contribution is -0.143. The zero-order valence-electron chi connectivity index (χ0n) is 14.4. The SMILES string of the molecule is O=C(O)CC1(O)N=C(c2ccccc2)c2cc(Cl)ccc2-n2ccc(=O)nc21. The molecular formula is C20H14ClN3O4. The van der Waals surface area contributed by atoms with E-state index >= 15 is 0 Å². The van der Waals surface area contributed by atoms with Crippen LogP contribution in [0.25, 0.3) is 5.69 Å². The second-order valence-corrected chi connectivity index (χ2v) is 6.77. The maximum absolute atomic E-state index is 11.9. The van der Waals surface area contributed by atoms with Crippen molar-refractivity contribution in [3.63, 3.8) is 0 Å². The topological polar surface area (TPSA) is 105 Å². The third-order valence-corrected chi connectivity index (χ3v) is 4.62. The van der Waals surface area contributed by atoms with Crippen LogP contribution in [0.2, 0.25) is 5.02 Å². The highest BCUT2D eigenvalue weighted by atomic mass is 35.5. The number of carbonyl (C=O) groups is 1. The lowest BCUT2D eigenvalue weighted by Gasteiger charge is -2.23. The van der Waals surface area contributed by atoms with Crippen LogP contribution in [0.3, 0.4) is 0 Å². The largest absolute Gasteiger partial charge is 0.481 e. The van der Waals surface area contributed by atoms with Gasteiger partial charge in [0.1, 0.15) is 6.42 Å². The zero-order valence-corrected chi connectivity index (χ0v) is 15.2. The first-order valence-electron chi connectivity index (χ1n) is 8.37. The minimum atomic E-state index is -2.25. The Balaban J connectivity index is 2.13. The molecule has 0 saturated heterocycles.